The first kappa shape index (κ1) is 18.0. The number of morpholine rings is 1. The highest BCUT2D eigenvalue weighted by Crippen LogP contribution is 2.30. The summed E-state index contributed by atoms with van der Waals surface area (Å²) < 4.78 is 7.41. The van der Waals surface area contributed by atoms with E-state index in [1.807, 2.05) is 41.3 Å². The molecule has 0 atom stereocenters. The molecule has 5 heterocycles. The molecule has 1 N–H and O–H groups in total. The van der Waals surface area contributed by atoms with Crippen LogP contribution in [0, 0.1) is 0 Å². The number of anilines is 3. The van der Waals surface area contributed by atoms with Gasteiger partial charge in [0, 0.05) is 49.9 Å². The van der Waals surface area contributed by atoms with Gasteiger partial charge in [0.05, 0.1) is 36.5 Å². The molecule has 1 aromatic carbocycles. The molecule has 0 spiro atoms. The highest BCUT2D eigenvalue weighted by atomic mass is 16.5. The van der Waals surface area contributed by atoms with Crippen LogP contribution in [0.1, 0.15) is 5.56 Å². The third kappa shape index (κ3) is 3.40. The van der Waals surface area contributed by atoms with Crippen LogP contribution in [0.5, 0.6) is 0 Å². The van der Waals surface area contributed by atoms with Gasteiger partial charge in [0.15, 0.2) is 11.5 Å². The number of ether oxygens (including phenoxy) is 1. The number of benzene rings is 1. The first-order valence-corrected chi connectivity index (χ1v) is 10.4. The smallest absolute Gasteiger partial charge is 0.180 e. The van der Waals surface area contributed by atoms with Crippen LogP contribution in [-0.4, -0.2) is 51.9 Å². The molecule has 3 aromatic heterocycles. The Morgan fingerprint density at radius 3 is 2.84 bits per heavy atom. The van der Waals surface area contributed by atoms with Crippen LogP contribution < -0.4 is 10.2 Å². The quantitative estimate of drug-likeness (QED) is 0.552. The molecule has 4 aromatic rings. The van der Waals surface area contributed by atoms with Gasteiger partial charge in [-0.1, -0.05) is 6.07 Å². The minimum absolute atomic E-state index is 0.695. The number of aromatic nitrogens is 4. The van der Waals surface area contributed by atoms with Crippen LogP contribution in [0.25, 0.3) is 16.9 Å². The molecule has 2 aliphatic heterocycles. The van der Waals surface area contributed by atoms with E-state index in [1.165, 1.54) is 5.56 Å². The Kier molecular flexibility index (Phi) is 4.35. The van der Waals surface area contributed by atoms with E-state index >= 15 is 0 Å². The predicted octanol–water partition coefficient (Wildman–Crippen LogP) is 3.63. The van der Waals surface area contributed by atoms with Crippen LogP contribution in [0.4, 0.5) is 23.0 Å². The molecule has 0 radical (unpaired) electrons. The number of hydrogen-bond donors (Lipinski definition) is 1. The van der Waals surface area contributed by atoms with Gasteiger partial charge < -0.3 is 19.4 Å². The normalized spacial score (nSPS) is 15.4. The summed E-state index contributed by atoms with van der Waals surface area (Å²) in [7, 11) is 0. The molecule has 2 aliphatic rings. The molecule has 8 heteroatoms. The van der Waals surface area contributed by atoms with E-state index in [4.69, 9.17) is 9.72 Å². The van der Waals surface area contributed by atoms with E-state index in [9.17, 15) is 0 Å². The first-order chi connectivity index (χ1) is 15.3. The molecule has 6 rings (SSSR count). The van der Waals surface area contributed by atoms with E-state index in [0.717, 1.165) is 66.8 Å². The van der Waals surface area contributed by atoms with Gasteiger partial charge in [-0.25, -0.2) is 15.0 Å². The number of rotatable bonds is 4. The third-order valence-corrected chi connectivity index (χ3v) is 5.64. The van der Waals surface area contributed by atoms with Crippen molar-refractivity contribution in [1.82, 2.24) is 19.4 Å². The van der Waals surface area contributed by atoms with Gasteiger partial charge in [-0.3, -0.25) is 4.99 Å². The molecular formula is C23H21N7O. The molecule has 1 saturated heterocycles. The van der Waals surface area contributed by atoms with Crippen molar-refractivity contribution in [2.24, 2.45) is 4.99 Å². The maximum Gasteiger partial charge on any atom is 0.180 e. The van der Waals surface area contributed by atoms with E-state index in [1.54, 1.807) is 6.20 Å². The summed E-state index contributed by atoms with van der Waals surface area (Å²) >= 11 is 0. The third-order valence-electron chi connectivity index (χ3n) is 5.64. The lowest BCUT2D eigenvalue weighted by Gasteiger charge is -2.27. The SMILES string of the molecule is C1=Nc2ccc(-c3cn4ccnc4c(Nc4ccc(N5CCOCC5)nc4)n3)cc2C1. The van der Waals surface area contributed by atoms with Gasteiger partial charge in [-0.15, -0.1) is 0 Å². The maximum absolute atomic E-state index is 5.42. The summed E-state index contributed by atoms with van der Waals surface area (Å²) in [4.78, 5) is 20.6. The van der Waals surface area contributed by atoms with Gasteiger partial charge in [0.25, 0.3) is 0 Å². The van der Waals surface area contributed by atoms with Crippen molar-refractivity contribution < 1.29 is 4.74 Å². The average molecular weight is 411 g/mol. The van der Waals surface area contributed by atoms with Crippen LogP contribution in [0.15, 0.2) is 60.1 Å². The Morgan fingerprint density at radius 2 is 1.97 bits per heavy atom. The molecule has 0 unspecified atom stereocenters. The Bertz CT molecular complexity index is 1270. The lowest BCUT2D eigenvalue weighted by molar-refractivity contribution is 0.122. The fourth-order valence-electron chi connectivity index (χ4n) is 4.01. The monoisotopic (exact) mass is 411 g/mol. The lowest BCUT2D eigenvalue weighted by atomic mass is 10.1. The van der Waals surface area contributed by atoms with Gasteiger partial charge in [0.2, 0.25) is 0 Å². The molecule has 31 heavy (non-hydrogen) atoms. The van der Waals surface area contributed by atoms with E-state index in [0.29, 0.717) is 5.82 Å². The molecule has 0 amide bonds. The number of imidazole rings is 1. The fourth-order valence-corrected chi connectivity index (χ4v) is 4.01. The summed E-state index contributed by atoms with van der Waals surface area (Å²) in [6.45, 7) is 3.21. The highest BCUT2D eigenvalue weighted by molar-refractivity contribution is 5.79. The Hall–Kier alpha value is -3.78. The number of aliphatic imine (C=N–C) groups is 1. The lowest BCUT2D eigenvalue weighted by Crippen LogP contribution is -2.36. The van der Waals surface area contributed by atoms with Gasteiger partial charge in [0.1, 0.15) is 5.82 Å². The largest absolute Gasteiger partial charge is 0.378 e. The second-order valence-electron chi connectivity index (χ2n) is 7.62. The highest BCUT2D eigenvalue weighted by Gasteiger charge is 2.14. The maximum atomic E-state index is 5.42. The fraction of sp³-hybridized carbons (Fsp3) is 0.217. The molecule has 154 valence electrons. The zero-order valence-corrected chi connectivity index (χ0v) is 16.9. The zero-order valence-electron chi connectivity index (χ0n) is 16.9. The van der Waals surface area contributed by atoms with Crippen molar-refractivity contribution in [1.29, 1.82) is 0 Å². The van der Waals surface area contributed by atoms with Crippen LogP contribution in [0.2, 0.25) is 0 Å². The average Bonchev–Trinajstić information content (AvgIpc) is 3.49. The Balaban J connectivity index is 1.32. The minimum Gasteiger partial charge on any atom is -0.378 e. The van der Waals surface area contributed by atoms with Crippen molar-refractivity contribution in [3.63, 3.8) is 0 Å². The topological polar surface area (TPSA) is 79.9 Å². The van der Waals surface area contributed by atoms with Crippen molar-refractivity contribution in [3.8, 4) is 11.3 Å². The van der Waals surface area contributed by atoms with Gasteiger partial charge >= 0.3 is 0 Å². The van der Waals surface area contributed by atoms with Crippen LogP contribution in [0.3, 0.4) is 0 Å². The number of nitrogens with one attached hydrogen (secondary N) is 1. The van der Waals surface area contributed by atoms with Crippen molar-refractivity contribution >= 4 is 34.9 Å². The van der Waals surface area contributed by atoms with E-state index in [-0.39, 0.29) is 0 Å². The van der Waals surface area contributed by atoms with Crippen molar-refractivity contribution in [2.45, 2.75) is 6.42 Å². The summed E-state index contributed by atoms with van der Waals surface area (Å²) in [5.41, 5.74) is 5.84. The molecule has 1 fully saturated rings. The molecule has 0 bridgehead atoms. The minimum atomic E-state index is 0.695. The summed E-state index contributed by atoms with van der Waals surface area (Å²) in [6, 6.07) is 10.3. The number of nitrogens with zero attached hydrogens (tertiary/aromatic N) is 6. The van der Waals surface area contributed by atoms with E-state index in [2.05, 4.69) is 43.4 Å². The summed E-state index contributed by atoms with van der Waals surface area (Å²) in [5.74, 6) is 1.65. The number of hydrogen-bond acceptors (Lipinski definition) is 7. The molecule has 0 aliphatic carbocycles. The Morgan fingerprint density at radius 1 is 1.03 bits per heavy atom. The molecular weight excluding hydrogens is 390 g/mol. The summed E-state index contributed by atoms with van der Waals surface area (Å²) in [6.07, 6.45) is 10.4. The zero-order chi connectivity index (χ0) is 20.6. The van der Waals surface area contributed by atoms with Crippen molar-refractivity contribution in [2.75, 3.05) is 36.5 Å². The predicted molar refractivity (Wildman–Crippen MR) is 121 cm³/mol. The molecule has 8 nitrogen and oxygen atoms in total. The van der Waals surface area contributed by atoms with Crippen molar-refractivity contribution in [3.05, 3.63) is 60.7 Å². The molecule has 0 saturated carbocycles. The van der Waals surface area contributed by atoms with Gasteiger partial charge in [-0.05, 0) is 29.8 Å². The van der Waals surface area contributed by atoms with Gasteiger partial charge in [-0.2, -0.15) is 0 Å². The Labute approximate surface area is 179 Å². The van der Waals surface area contributed by atoms with E-state index < -0.39 is 0 Å². The second kappa shape index (κ2) is 7.48. The number of pyridine rings is 1. The summed E-state index contributed by atoms with van der Waals surface area (Å²) in [5, 5.41) is 3.40. The first-order valence-electron chi connectivity index (χ1n) is 10.4. The van der Waals surface area contributed by atoms with Crippen LogP contribution >= 0.6 is 0 Å². The second-order valence-corrected chi connectivity index (χ2v) is 7.62. The van der Waals surface area contributed by atoms with Crippen LogP contribution in [-0.2, 0) is 11.2 Å². The standard InChI is InChI=1S/C23H21N7O/c1-3-19-17(5-6-24-19)13-16(1)20-15-30-8-7-25-23(30)22(28-20)27-18-2-4-21(26-14-18)29-9-11-31-12-10-29/h1-4,6-8,13-15H,5,9-12H2,(H,27,28). The number of fused-ring (bicyclic) bond motifs is 2.